The highest BCUT2D eigenvalue weighted by Gasteiger charge is 2.26. The molecule has 2 atom stereocenters. The van der Waals surface area contributed by atoms with Crippen LogP contribution >= 0.6 is 0 Å². The Morgan fingerprint density at radius 3 is 2.77 bits per heavy atom. The number of benzene rings is 2. The largest absolute Gasteiger partial charge is 0.380 e. The smallest absolute Gasteiger partial charge is 0.250 e. The van der Waals surface area contributed by atoms with E-state index in [2.05, 4.69) is 45.9 Å². The summed E-state index contributed by atoms with van der Waals surface area (Å²) in [5.74, 6) is -0.0262. The second-order valence-electron chi connectivity index (χ2n) is 6.69. The van der Waals surface area contributed by atoms with Crippen LogP contribution in [0.1, 0.15) is 28.3 Å². The van der Waals surface area contributed by atoms with E-state index in [-0.39, 0.29) is 6.04 Å². The Bertz CT molecular complexity index is 926. The lowest BCUT2D eigenvalue weighted by Gasteiger charge is -2.34. The van der Waals surface area contributed by atoms with Gasteiger partial charge in [-0.2, -0.15) is 0 Å². The highest BCUT2D eigenvalue weighted by molar-refractivity contribution is 6.07. The van der Waals surface area contributed by atoms with Crippen LogP contribution in [0.2, 0.25) is 0 Å². The summed E-state index contributed by atoms with van der Waals surface area (Å²) in [4.78, 5) is 16.1. The molecule has 3 aromatic rings. The van der Waals surface area contributed by atoms with Gasteiger partial charge in [-0.15, -0.1) is 0 Å². The van der Waals surface area contributed by atoms with Gasteiger partial charge < -0.3 is 16.4 Å². The van der Waals surface area contributed by atoms with E-state index in [1.165, 1.54) is 5.56 Å². The predicted octanol–water partition coefficient (Wildman–Crippen LogP) is 2.89. The summed E-state index contributed by atoms with van der Waals surface area (Å²) in [5.41, 5.74) is 8.93. The number of nitrogens with two attached hydrogens (primary N) is 1. The van der Waals surface area contributed by atoms with Gasteiger partial charge in [0.2, 0.25) is 0 Å². The van der Waals surface area contributed by atoms with Crippen molar-refractivity contribution in [2.45, 2.75) is 18.4 Å². The number of piperidine rings is 1. The number of hydrogen-bond donors (Lipinski definition) is 3. The molecule has 1 saturated heterocycles. The maximum atomic E-state index is 11.7. The molecule has 5 heteroatoms. The number of hydrogen-bond acceptors (Lipinski definition) is 4. The van der Waals surface area contributed by atoms with Crippen LogP contribution in [0.25, 0.3) is 10.9 Å². The zero-order chi connectivity index (χ0) is 17.9. The van der Waals surface area contributed by atoms with Gasteiger partial charge in [-0.1, -0.05) is 42.5 Å². The number of pyridine rings is 1. The first-order valence-corrected chi connectivity index (χ1v) is 8.94. The molecule has 2 aromatic carbocycles. The molecule has 0 aliphatic carbocycles. The van der Waals surface area contributed by atoms with Crippen LogP contribution in [0.4, 0.5) is 5.69 Å². The van der Waals surface area contributed by atoms with Crippen molar-refractivity contribution in [1.82, 2.24) is 10.3 Å². The van der Waals surface area contributed by atoms with Gasteiger partial charge >= 0.3 is 0 Å². The van der Waals surface area contributed by atoms with Crippen molar-refractivity contribution >= 4 is 22.5 Å². The molecule has 4 N–H and O–H groups in total. The van der Waals surface area contributed by atoms with E-state index in [1.807, 2.05) is 18.2 Å². The molecule has 1 aliphatic heterocycles. The first-order chi connectivity index (χ1) is 12.7. The Kier molecular flexibility index (Phi) is 4.54. The first-order valence-electron chi connectivity index (χ1n) is 8.94. The summed E-state index contributed by atoms with van der Waals surface area (Å²) in [6.45, 7) is 1.90. The number of anilines is 1. The number of aromatic nitrogens is 1. The highest BCUT2D eigenvalue weighted by atomic mass is 16.1. The quantitative estimate of drug-likeness (QED) is 0.679. The molecule has 0 radical (unpaired) electrons. The van der Waals surface area contributed by atoms with Crippen molar-refractivity contribution in [3.8, 4) is 0 Å². The number of nitrogens with one attached hydrogen (secondary N) is 2. The fraction of sp³-hybridized carbons (Fsp3) is 0.238. The number of fused-ring (bicyclic) bond motifs is 1. The van der Waals surface area contributed by atoms with Crippen molar-refractivity contribution < 1.29 is 4.79 Å². The van der Waals surface area contributed by atoms with Crippen LogP contribution in [0.5, 0.6) is 0 Å². The van der Waals surface area contributed by atoms with Crippen molar-refractivity contribution in [3.05, 3.63) is 71.9 Å². The van der Waals surface area contributed by atoms with E-state index in [4.69, 9.17) is 5.73 Å². The third kappa shape index (κ3) is 3.13. The number of carbonyl (C=O) groups excluding carboxylic acids is 1. The lowest BCUT2D eigenvalue weighted by atomic mass is 9.86. The first kappa shape index (κ1) is 16.5. The zero-order valence-electron chi connectivity index (χ0n) is 14.5. The topological polar surface area (TPSA) is 80.0 Å². The number of amides is 1. The van der Waals surface area contributed by atoms with Gasteiger partial charge in [0.25, 0.3) is 5.91 Å². The number of para-hydroxylation sites is 1. The molecule has 5 nitrogen and oxygen atoms in total. The molecule has 1 fully saturated rings. The average molecular weight is 346 g/mol. The van der Waals surface area contributed by atoms with Gasteiger partial charge in [-0.25, -0.2) is 0 Å². The molecular weight excluding hydrogens is 324 g/mol. The molecule has 1 amide bonds. The molecule has 132 valence electrons. The number of nitrogens with zero attached hydrogens (tertiary/aromatic N) is 1. The van der Waals surface area contributed by atoms with Crippen LogP contribution < -0.4 is 16.4 Å². The number of carbonyl (C=O) groups is 1. The second-order valence-corrected chi connectivity index (χ2v) is 6.69. The summed E-state index contributed by atoms with van der Waals surface area (Å²) in [7, 11) is 0. The molecule has 0 saturated carbocycles. The SMILES string of the molecule is NC(=O)c1cccc2c(NC3CNCCC3c3ccccc3)ccnc12. The van der Waals surface area contributed by atoms with Gasteiger partial charge in [0, 0.05) is 35.8 Å². The van der Waals surface area contributed by atoms with Crippen molar-refractivity contribution in [1.29, 1.82) is 0 Å². The Morgan fingerprint density at radius 2 is 1.96 bits per heavy atom. The summed E-state index contributed by atoms with van der Waals surface area (Å²) in [5, 5.41) is 8.08. The molecule has 26 heavy (non-hydrogen) atoms. The summed E-state index contributed by atoms with van der Waals surface area (Å²) < 4.78 is 0. The van der Waals surface area contributed by atoms with Crippen molar-refractivity contribution in [2.75, 3.05) is 18.4 Å². The minimum absolute atomic E-state index is 0.258. The molecule has 1 aliphatic rings. The van der Waals surface area contributed by atoms with E-state index < -0.39 is 5.91 Å². The lowest BCUT2D eigenvalue weighted by Crippen LogP contribution is -2.44. The third-order valence-corrected chi connectivity index (χ3v) is 5.09. The lowest BCUT2D eigenvalue weighted by molar-refractivity contribution is 0.100. The van der Waals surface area contributed by atoms with Crippen LogP contribution in [0.3, 0.4) is 0 Å². The van der Waals surface area contributed by atoms with Gasteiger partial charge in [-0.3, -0.25) is 9.78 Å². The fourth-order valence-corrected chi connectivity index (χ4v) is 3.81. The van der Waals surface area contributed by atoms with Crippen LogP contribution in [-0.2, 0) is 0 Å². The molecular formula is C21H22N4O. The van der Waals surface area contributed by atoms with Gasteiger partial charge in [0.1, 0.15) is 0 Å². The minimum atomic E-state index is -0.457. The number of rotatable bonds is 4. The molecule has 1 aromatic heterocycles. The van der Waals surface area contributed by atoms with Gasteiger partial charge in [0.15, 0.2) is 0 Å². The Morgan fingerprint density at radius 1 is 1.12 bits per heavy atom. The minimum Gasteiger partial charge on any atom is -0.380 e. The predicted molar refractivity (Wildman–Crippen MR) is 104 cm³/mol. The molecule has 4 rings (SSSR count). The summed E-state index contributed by atoms with van der Waals surface area (Å²) in [6, 6.07) is 18.4. The van der Waals surface area contributed by atoms with Crippen LogP contribution in [-0.4, -0.2) is 30.0 Å². The fourth-order valence-electron chi connectivity index (χ4n) is 3.81. The van der Waals surface area contributed by atoms with E-state index >= 15 is 0 Å². The maximum absolute atomic E-state index is 11.7. The summed E-state index contributed by atoms with van der Waals surface area (Å²) in [6.07, 6.45) is 2.81. The van der Waals surface area contributed by atoms with Crippen LogP contribution in [0, 0.1) is 0 Å². The Balaban J connectivity index is 1.70. The standard InChI is InChI=1S/C21H22N4O/c22-21(26)17-8-4-7-16-18(10-12-24-20(16)17)25-19-13-23-11-9-15(19)14-5-2-1-3-6-14/h1-8,10,12,15,19,23H,9,11,13H2,(H2,22,26)(H,24,25). The van der Waals surface area contributed by atoms with Gasteiger partial charge in [-0.05, 0) is 30.7 Å². The summed E-state index contributed by atoms with van der Waals surface area (Å²) >= 11 is 0. The second kappa shape index (κ2) is 7.14. The van der Waals surface area contributed by atoms with E-state index in [0.29, 0.717) is 17.0 Å². The molecule has 2 unspecified atom stereocenters. The van der Waals surface area contributed by atoms with Crippen LogP contribution in [0.15, 0.2) is 60.8 Å². The molecule has 0 spiro atoms. The van der Waals surface area contributed by atoms with Crippen molar-refractivity contribution in [3.63, 3.8) is 0 Å². The maximum Gasteiger partial charge on any atom is 0.250 e. The highest BCUT2D eigenvalue weighted by Crippen LogP contribution is 2.30. The Labute approximate surface area is 152 Å². The monoisotopic (exact) mass is 346 g/mol. The normalized spacial score (nSPS) is 20.0. The average Bonchev–Trinajstić information content (AvgIpc) is 2.69. The van der Waals surface area contributed by atoms with Crippen molar-refractivity contribution in [2.24, 2.45) is 5.73 Å². The van der Waals surface area contributed by atoms with E-state index in [0.717, 1.165) is 30.6 Å². The molecule has 2 heterocycles. The van der Waals surface area contributed by atoms with E-state index in [9.17, 15) is 4.79 Å². The van der Waals surface area contributed by atoms with Gasteiger partial charge in [0.05, 0.1) is 11.1 Å². The van der Waals surface area contributed by atoms with E-state index in [1.54, 1.807) is 12.3 Å². The molecule has 0 bridgehead atoms. The number of primary amides is 1. The Hall–Kier alpha value is -2.92. The third-order valence-electron chi connectivity index (χ3n) is 5.09. The zero-order valence-corrected chi connectivity index (χ0v) is 14.5.